The van der Waals surface area contributed by atoms with Crippen LogP contribution in [0.5, 0.6) is 0 Å². The molecule has 0 aliphatic heterocycles. The lowest BCUT2D eigenvalue weighted by Crippen LogP contribution is -2.18. The van der Waals surface area contributed by atoms with Crippen LogP contribution in [0.25, 0.3) is 0 Å². The molecule has 1 aromatic rings. The first kappa shape index (κ1) is 19.3. The molecule has 1 fully saturated rings. The predicted octanol–water partition coefficient (Wildman–Crippen LogP) is 5.56. The Labute approximate surface area is 150 Å². The molecule has 0 N–H and O–H groups in total. The third-order valence-electron chi connectivity index (χ3n) is 3.38. The third kappa shape index (κ3) is 5.51. The molecule has 1 aliphatic rings. The van der Waals surface area contributed by atoms with Gasteiger partial charge in [0.25, 0.3) is 0 Å². The number of alkyl halides is 3. The Kier molecular flexibility index (Phi) is 6.35. The smallest absolute Gasteiger partial charge is 0.256 e. The van der Waals surface area contributed by atoms with Gasteiger partial charge in [0.2, 0.25) is 0 Å². The summed E-state index contributed by atoms with van der Waals surface area (Å²) < 4.78 is 49.3. The zero-order valence-electron chi connectivity index (χ0n) is 12.5. The molecule has 0 bridgehead atoms. The van der Waals surface area contributed by atoms with E-state index in [0.29, 0.717) is 18.8 Å². The summed E-state index contributed by atoms with van der Waals surface area (Å²) in [6.45, 7) is 0. The first-order chi connectivity index (χ1) is 11.2. The van der Waals surface area contributed by atoms with Gasteiger partial charge in [0.15, 0.2) is 0 Å². The Morgan fingerprint density at radius 1 is 1.33 bits per heavy atom. The van der Waals surface area contributed by atoms with Gasteiger partial charge in [0.05, 0.1) is 31.4 Å². The first-order valence-electron chi connectivity index (χ1n) is 7.16. The second-order valence-corrected chi connectivity index (χ2v) is 7.65. The molecule has 0 radical (unpaired) electrons. The van der Waals surface area contributed by atoms with Gasteiger partial charge in [0.1, 0.15) is 5.75 Å². The van der Waals surface area contributed by atoms with Gasteiger partial charge >= 0.3 is 6.18 Å². The molecule has 1 unspecified atom stereocenters. The highest BCUT2D eigenvalue weighted by atomic mass is 35.5. The summed E-state index contributed by atoms with van der Waals surface area (Å²) in [6.07, 6.45) is 3.84. The summed E-state index contributed by atoms with van der Waals surface area (Å²) in [7, 11) is -2.32. The van der Waals surface area contributed by atoms with E-state index in [4.69, 9.17) is 29.6 Å². The van der Waals surface area contributed by atoms with Crippen molar-refractivity contribution < 1.29 is 17.4 Å². The monoisotopic (exact) mass is 395 g/mol. The molecule has 1 atom stereocenters. The highest BCUT2D eigenvalue weighted by molar-refractivity contribution is 7.85. The maximum absolute atomic E-state index is 12.5. The van der Waals surface area contributed by atoms with E-state index in [0.717, 1.165) is 18.6 Å². The molecular formula is C16H14Cl2F3NOS. The lowest BCUT2D eigenvalue weighted by Gasteiger charge is -2.11. The van der Waals surface area contributed by atoms with E-state index >= 15 is 0 Å². The molecule has 1 aliphatic carbocycles. The number of hydrogen-bond acceptors (Lipinski definition) is 2. The van der Waals surface area contributed by atoms with Crippen LogP contribution in [0.1, 0.15) is 25.7 Å². The van der Waals surface area contributed by atoms with Crippen molar-refractivity contribution in [1.82, 2.24) is 0 Å². The van der Waals surface area contributed by atoms with Crippen molar-refractivity contribution in [2.24, 2.45) is 10.9 Å². The van der Waals surface area contributed by atoms with Gasteiger partial charge < -0.3 is 0 Å². The summed E-state index contributed by atoms with van der Waals surface area (Å²) in [5, 5.41) is 0.129. The maximum Gasteiger partial charge on any atom is 0.400 e. The molecule has 0 saturated heterocycles. The molecule has 8 heteroatoms. The van der Waals surface area contributed by atoms with Crippen molar-refractivity contribution in [3.8, 4) is 12.3 Å². The zero-order chi connectivity index (χ0) is 17.9. The fourth-order valence-electron chi connectivity index (χ4n) is 2.13. The van der Waals surface area contributed by atoms with Crippen molar-refractivity contribution in [3.63, 3.8) is 0 Å². The predicted molar refractivity (Wildman–Crippen MR) is 91.7 cm³/mol. The Balaban J connectivity index is 2.35. The molecule has 0 amide bonds. The minimum absolute atomic E-state index is 0.0712. The highest BCUT2D eigenvalue weighted by Crippen LogP contribution is 2.38. The molecular weight excluding hydrogens is 382 g/mol. The Morgan fingerprint density at radius 3 is 2.54 bits per heavy atom. The second kappa shape index (κ2) is 7.90. The van der Waals surface area contributed by atoms with E-state index in [1.165, 1.54) is 12.1 Å². The van der Waals surface area contributed by atoms with Crippen LogP contribution in [0.3, 0.4) is 0 Å². The average molecular weight is 396 g/mol. The minimum Gasteiger partial charge on any atom is -0.256 e. The Bertz CT molecular complexity index is 721. The molecule has 1 saturated carbocycles. The molecule has 0 aromatic heterocycles. The van der Waals surface area contributed by atoms with Crippen molar-refractivity contribution in [3.05, 3.63) is 22.2 Å². The normalized spacial score (nSPS) is 16.8. The Morgan fingerprint density at radius 2 is 2.00 bits per heavy atom. The van der Waals surface area contributed by atoms with Crippen molar-refractivity contribution >= 4 is 45.4 Å². The van der Waals surface area contributed by atoms with E-state index in [-0.39, 0.29) is 20.6 Å². The highest BCUT2D eigenvalue weighted by Gasteiger charge is 2.32. The minimum atomic E-state index is -4.55. The fraction of sp³-hybridized carbons (Fsp3) is 0.438. The molecule has 24 heavy (non-hydrogen) atoms. The molecule has 0 heterocycles. The summed E-state index contributed by atoms with van der Waals surface area (Å²) in [5.74, 6) is 1.40. The van der Waals surface area contributed by atoms with Crippen molar-refractivity contribution in [2.45, 2.75) is 36.8 Å². The number of terminal acetylenes is 1. The largest absolute Gasteiger partial charge is 0.400 e. The van der Waals surface area contributed by atoms with Gasteiger partial charge in [0, 0.05) is 12.1 Å². The first-order valence-corrected chi connectivity index (χ1v) is 9.24. The van der Waals surface area contributed by atoms with Crippen LogP contribution in [0.4, 0.5) is 18.9 Å². The topological polar surface area (TPSA) is 29.4 Å². The van der Waals surface area contributed by atoms with E-state index in [9.17, 15) is 17.4 Å². The number of rotatable bonds is 6. The van der Waals surface area contributed by atoms with Gasteiger partial charge in [-0.05, 0) is 37.3 Å². The summed E-state index contributed by atoms with van der Waals surface area (Å²) in [5.41, 5.74) is 1.13. The lowest BCUT2D eigenvalue weighted by molar-refractivity contribution is -0.105. The number of nitrogens with zero attached hydrogens (tertiary/aromatic N) is 1. The van der Waals surface area contributed by atoms with Gasteiger partial charge in [-0.15, -0.1) is 12.3 Å². The second-order valence-electron chi connectivity index (χ2n) is 5.42. The molecule has 1 aromatic carbocycles. The number of benzene rings is 1. The molecule has 0 spiro atoms. The third-order valence-corrected chi connectivity index (χ3v) is 5.52. The van der Waals surface area contributed by atoms with Gasteiger partial charge in [-0.2, -0.15) is 13.2 Å². The van der Waals surface area contributed by atoms with E-state index < -0.39 is 22.7 Å². The fourth-order valence-corrected chi connectivity index (χ4v) is 3.78. The van der Waals surface area contributed by atoms with Crippen molar-refractivity contribution in [1.29, 1.82) is 0 Å². The summed E-state index contributed by atoms with van der Waals surface area (Å²) in [4.78, 5) is 4.33. The van der Waals surface area contributed by atoms with Crippen LogP contribution in [0.2, 0.25) is 10.0 Å². The zero-order valence-corrected chi connectivity index (χ0v) is 14.8. The summed E-state index contributed by atoms with van der Waals surface area (Å²) >= 11 is 12.0. The standard InChI is InChI=1S/C16H14Cl2F3NOS/c1-2-3-4-13(10-5-6-10)22-14-8-15(12(18)7-11(14)17)24(23)9-16(19,20)21/h1,7-8,10H,3-6,9H2. The molecule has 130 valence electrons. The average Bonchev–Trinajstić information content (AvgIpc) is 3.28. The van der Waals surface area contributed by atoms with E-state index in [1.807, 2.05) is 0 Å². The Hall–Kier alpha value is -1.03. The number of hydrogen-bond donors (Lipinski definition) is 0. The SMILES string of the molecule is C#CCCC(=Nc1cc(S(=O)CC(F)(F)F)c(Cl)cc1Cl)C1CC1. The van der Waals surface area contributed by atoms with Gasteiger partial charge in [-0.3, -0.25) is 9.20 Å². The maximum atomic E-state index is 12.5. The van der Waals surface area contributed by atoms with Crippen LogP contribution in [-0.2, 0) is 10.8 Å². The number of aliphatic imine (C=N–C) groups is 1. The number of halogens is 5. The quantitative estimate of drug-likeness (QED) is 0.457. The van der Waals surface area contributed by atoms with E-state index in [2.05, 4.69) is 10.9 Å². The van der Waals surface area contributed by atoms with Gasteiger partial charge in [-0.1, -0.05) is 23.2 Å². The van der Waals surface area contributed by atoms with Crippen LogP contribution < -0.4 is 0 Å². The van der Waals surface area contributed by atoms with Crippen molar-refractivity contribution in [2.75, 3.05) is 5.75 Å². The molecule has 2 nitrogen and oxygen atoms in total. The van der Waals surface area contributed by atoms with Gasteiger partial charge in [-0.25, -0.2) is 0 Å². The van der Waals surface area contributed by atoms with Crippen LogP contribution in [-0.4, -0.2) is 21.8 Å². The van der Waals surface area contributed by atoms with Crippen LogP contribution >= 0.6 is 23.2 Å². The summed E-state index contributed by atoms with van der Waals surface area (Å²) in [6, 6.07) is 2.54. The van der Waals surface area contributed by atoms with Crippen LogP contribution in [0.15, 0.2) is 22.0 Å². The lowest BCUT2D eigenvalue weighted by atomic mass is 10.1. The van der Waals surface area contributed by atoms with Crippen LogP contribution in [0, 0.1) is 18.3 Å². The molecule has 2 rings (SSSR count). The van der Waals surface area contributed by atoms with E-state index in [1.54, 1.807) is 0 Å².